The third-order valence-corrected chi connectivity index (χ3v) is 2.94. The summed E-state index contributed by atoms with van der Waals surface area (Å²) in [6, 6.07) is 4.62. The Hall–Kier alpha value is -1.06. The van der Waals surface area contributed by atoms with Crippen LogP contribution in [0.1, 0.15) is 30.0 Å². The summed E-state index contributed by atoms with van der Waals surface area (Å²) >= 11 is 0. The standard InChI is InChI=1S/C14H23NO2/c1-10-7-13(8-11(2)14(10)17-4)9-15-12(3)5-6-16/h7-8,12,15-16H,5-6,9H2,1-4H3. The van der Waals surface area contributed by atoms with E-state index < -0.39 is 0 Å². The van der Waals surface area contributed by atoms with Gasteiger partial charge in [0.25, 0.3) is 0 Å². The molecule has 0 saturated carbocycles. The van der Waals surface area contributed by atoms with Crippen LogP contribution < -0.4 is 10.1 Å². The van der Waals surface area contributed by atoms with Crippen LogP contribution >= 0.6 is 0 Å². The fourth-order valence-electron chi connectivity index (χ4n) is 2.05. The molecule has 3 heteroatoms. The highest BCUT2D eigenvalue weighted by Crippen LogP contribution is 2.24. The minimum atomic E-state index is 0.231. The highest BCUT2D eigenvalue weighted by molar-refractivity contribution is 5.43. The monoisotopic (exact) mass is 237 g/mol. The predicted molar refractivity (Wildman–Crippen MR) is 70.5 cm³/mol. The molecule has 0 aliphatic heterocycles. The zero-order chi connectivity index (χ0) is 12.8. The molecule has 0 aliphatic rings. The van der Waals surface area contributed by atoms with Gasteiger partial charge < -0.3 is 15.2 Å². The van der Waals surface area contributed by atoms with Crippen LogP contribution in [0.25, 0.3) is 0 Å². The van der Waals surface area contributed by atoms with Crippen molar-refractivity contribution in [3.63, 3.8) is 0 Å². The predicted octanol–water partition coefficient (Wildman–Crippen LogP) is 2.17. The molecule has 0 bridgehead atoms. The van der Waals surface area contributed by atoms with Crippen molar-refractivity contribution in [2.75, 3.05) is 13.7 Å². The van der Waals surface area contributed by atoms with Crippen molar-refractivity contribution in [3.05, 3.63) is 28.8 Å². The Bertz CT molecular complexity index is 340. The average molecular weight is 237 g/mol. The van der Waals surface area contributed by atoms with E-state index >= 15 is 0 Å². The maximum atomic E-state index is 8.83. The highest BCUT2D eigenvalue weighted by Gasteiger charge is 2.06. The van der Waals surface area contributed by atoms with E-state index in [2.05, 4.69) is 38.2 Å². The van der Waals surface area contributed by atoms with E-state index in [4.69, 9.17) is 9.84 Å². The van der Waals surface area contributed by atoms with Gasteiger partial charge in [0.2, 0.25) is 0 Å². The lowest BCUT2D eigenvalue weighted by Gasteiger charge is -2.15. The van der Waals surface area contributed by atoms with Crippen LogP contribution in [0.2, 0.25) is 0 Å². The van der Waals surface area contributed by atoms with Gasteiger partial charge in [-0.1, -0.05) is 12.1 Å². The first-order valence-corrected chi connectivity index (χ1v) is 6.06. The van der Waals surface area contributed by atoms with Crippen molar-refractivity contribution in [2.24, 2.45) is 0 Å². The lowest BCUT2D eigenvalue weighted by Crippen LogP contribution is -2.26. The average Bonchev–Trinajstić information content (AvgIpc) is 2.26. The lowest BCUT2D eigenvalue weighted by molar-refractivity contribution is 0.268. The second kappa shape index (κ2) is 6.62. The van der Waals surface area contributed by atoms with Gasteiger partial charge in [0.15, 0.2) is 0 Å². The summed E-state index contributed by atoms with van der Waals surface area (Å²) in [5.41, 5.74) is 3.59. The zero-order valence-electron chi connectivity index (χ0n) is 11.2. The molecule has 1 atom stereocenters. The van der Waals surface area contributed by atoms with Gasteiger partial charge in [0.05, 0.1) is 7.11 Å². The van der Waals surface area contributed by atoms with Crippen molar-refractivity contribution in [3.8, 4) is 5.75 Å². The largest absolute Gasteiger partial charge is 0.496 e. The van der Waals surface area contributed by atoms with Crippen molar-refractivity contribution in [1.82, 2.24) is 5.32 Å². The van der Waals surface area contributed by atoms with Crippen molar-refractivity contribution < 1.29 is 9.84 Å². The highest BCUT2D eigenvalue weighted by atomic mass is 16.5. The van der Waals surface area contributed by atoms with Gasteiger partial charge in [-0.05, 0) is 43.9 Å². The molecule has 0 saturated heterocycles. The summed E-state index contributed by atoms with van der Waals surface area (Å²) in [7, 11) is 1.70. The van der Waals surface area contributed by atoms with E-state index in [1.807, 2.05) is 0 Å². The molecule has 0 fully saturated rings. The summed E-state index contributed by atoms with van der Waals surface area (Å²) in [5, 5.41) is 12.2. The number of ether oxygens (including phenoxy) is 1. The first-order chi connectivity index (χ1) is 8.08. The molecule has 1 aromatic carbocycles. The summed E-state index contributed by atoms with van der Waals surface area (Å²) in [5.74, 6) is 0.970. The molecule has 0 aromatic heterocycles. The quantitative estimate of drug-likeness (QED) is 0.796. The Kier molecular flexibility index (Phi) is 5.45. The molecule has 0 radical (unpaired) electrons. The van der Waals surface area contributed by atoms with Crippen LogP contribution in [-0.2, 0) is 6.54 Å². The van der Waals surface area contributed by atoms with Crippen molar-refractivity contribution in [1.29, 1.82) is 0 Å². The molecule has 0 aliphatic carbocycles. The van der Waals surface area contributed by atoms with Gasteiger partial charge in [0.1, 0.15) is 5.75 Å². The molecule has 17 heavy (non-hydrogen) atoms. The molecular formula is C14H23NO2. The van der Waals surface area contributed by atoms with Crippen LogP contribution in [0.4, 0.5) is 0 Å². The van der Waals surface area contributed by atoms with Gasteiger partial charge in [-0.3, -0.25) is 0 Å². The summed E-state index contributed by atoms with van der Waals surface area (Å²) in [4.78, 5) is 0. The Morgan fingerprint density at radius 1 is 1.29 bits per heavy atom. The number of aryl methyl sites for hydroxylation is 2. The second-order valence-corrected chi connectivity index (χ2v) is 4.56. The van der Waals surface area contributed by atoms with Crippen molar-refractivity contribution in [2.45, 2.75) is 39.8 Å². The molecule has 3 nitrogen and oxygen atoms in total. The smallest absolute Gasteiger partial charge is 0.124 e. The summed E-state index contributed by atoms with van der Waals surface area (Å²) < 4.78 is 5.34. The molecule has 0 heterocycles. The van der Waals surface area contributed by atoms with Crippen molar-refractivity contribution >= 4 is 0 Å². The lowest BCUT2D eigenvalue weighted by atomic mass is 10.1. The molecule has 0 spiro atoms. The van der Waals surface area contributed by atoms with Gasteiger partial charge in [-0.25, -0.2) is 0 Å². The van der Waals surface area contributed by atoms with Gasteiger partial charge in [-0.15, -0.1) is 0 Å². The molecule has 96 valence electrons. The van der Waals surface area contributed by atoms with E-state index in [0.29, 0.717) is 6.04 Å². The topological polar surface area (TPSA) is 41.5 Å². The van der Waals surface area contributed by atoms with Gasteiger partial charge in [0, 0.05) is 19.2 Å². The first-order valence-electron chi connectivity index (χ1n) is 6.06. The van der Waals surface area contributed by atoms with Gasteiger partial charge in [-0.2, -0.15) is 0 Å². The van der Waals surface area contributed by atoms with Crippen LogP contribution in [-0.4, -0.2) is 24.9 Å². The van der Waals surface area contributed by atoms with E-state index in [9.17, 15) is 0 Å². The molecule has 1 aromatic rings. The number of nitrogens with one attached hydrogen (secondary N) is 1. The maximum absolute atomic E-state index is 8.83. The summed E-state index contributed by atoms with van der Waals surface area (Å²) in [6.45, 7) is 7.26. The van der Waals surface area contributed by atoms with E-state index in [0.717, 1.165) is 18.7 Å². The SMILES string of the molecule is COc1c(C)cc(CNC(C)CCO)cc1C. The number of hydrogen-bond donors (Lipinski definition) is 2. The Balaban J connectivity index is 2.67. The normalized spacial score (nSPS) is 12.5. The third-order valence-electron chi connectivity index (χ3n) is 2.94. The van der Waals surface area contributed by atoms with Gasteiger partial charge >= 0.3 is 0 Å². The molecule has 2 N–H and O–H groups in total. The number of methoxy groups -OCH3 is 1. The number of hydrogen-bond acceptors (Lipinski definition) is 3. The fraction of sp³-hybridized carbons (Fsp3) is 0.571. The molecular weight excluding hydrogens is 214 g/mol. The zero-order valence-corrected chi connectivity index (χ0v) is 11.2. The summed E-state index contributed by atoms with van der Waals surface area (Å²) in [6.07, 6.45) is 0.786. The number of benzene rings is 1. The Morgan fingerprint density at radius 3 is 2.35 bits per heavy atom. The first kappa shape index (κ1) is 14.0. The van der Waals surface area contributed by atoms with Crippen LogP contribution in [0.5, 0.6) is 5.75 Å². The number of aliphatic hydroxyl groups is 1. The third kappa shape index (κ3) is 4.02. The van der Waals surface area contributed by atoms with Crippen LogP contribution in [0, 0.1) is 13.8 Å². The van der Waals surface area contributed by atoms with Crippen LogP contribution in [0.3, 0.4) is 0 Å². The van der Waals surface area contributed by atoms with E-state index in [1.54, 1.807) is 7.11 Å². The van der Waals surface area contributed by atoms with E-state index in [-0.39, 0.29) is 6.61 Å². The number of rotatable bonds is 6. The minimum absolute atomic E-state index is 0.231. The molecule has 1 rings (SSSR count). The van der Waals surface area contributed by atoms with Crippen LogP contribution in [0.15, 0.2) is 12.1 Å². The molecule has 0 amide bonds. The fourth-order valence-corrected chi connectivity index (χ4v) is 2.05. The second-order valence-electron chi connectivity index (χ2n) is 4.56. The Morgan fingerprint density at radius 2 is 1.88 bits per heavy atom. The molecule has 1 unspecified atom stereocenters. The minimum Gasteiger partial charge on any atom is -0.496 e. The van der Waals surface area contributed by atoms with E-state index in [1.165, 1.54) is 16.7 Å². The Labute approximate surface area is 104 Å². The maximum Gasteiger partial charge on any atom is 0.124 e. The number of aliphatic hydroxyl groups excluding tert-OH is 1.